The van der Waals surface area contributed by atoms with Crippen molar-refractivity contribution in [1.82, 2.24) is 15.2 Å². The Bertz CT molecular complexity index is 928. The predicted molar refractivity (Wildman–Crippen MR) is 114 cm³/mol. The Morgan fingerprint density at radius 3 is 2.68 bits per heavy atom. The van der Waals surface area contributed by atoms with Gasteiger partial charge >= 0.3 is 0 Å². The Hall–Kier alpha value is -2.89. The van der Waals surface area contributed by atoms with Crippen molar-refractivity contribution in [2.45, 2.75) is 13.0 Å². The molecule has 3 rings (SSSR count). The number of aromatic amines is 1. The van der Waals surface area contributed by atoms with E-state index in [9.17, 15) is 9.90 Å². The summed E-state index contributed by atoms with van der Waals surface area (Å²) in [5.41, 5.74) is 4.63. The Morgan fingerprint density at radius 2 is 1.93 bits per heavy atom. The van der Waals surface area contributed by atoms with Gasteiger partial charge in [-0.05, 0) is 35.3 Å². The topological polar surface area (TPSA) is 68.4 Å². The number of aliphatic hydroxyl groups is 1. The molecule has 3 aromatic rings. The molecule has 2 aromatic carbocycles. The molecule has 0 aliphatic rings. The molecule has 0 radical (unpaired) electrons. The Labute approximate surface area is 165 Å². The van der Waals surface area contributed by atoms with E-state index in [-0.39, 0.29) is 12.5 Å². The maximum absolute atomic E-state index is 11.3. The van der Waals surface area contributed by atoms with Crippen LogP contribution in [0, 0.1) is 0 Å². The van der Waals surface area contributed by atoms with Crippen molar-refractivity contribution in [3.8, 4) is 0 Å². The predicted octanol–water partition coefficient (Wildman–Crippen LogP) is 2.96. The van der Waals surface area contributed by atoms with Crippen molar-refractivity contribution in [1.29, 1.82) is 0 Å². The van der Waals surface area contributed by atoms with E-state index >= 15 is 0 Å². The zero-order valence-corrected chi connectivity index (χ0v) is 16.2. The number of H-pyrrole nitrogens is 1. The maximum atomic E-state index is 11.3. The van der Waals surface area contributed by atoms with Crippen LogP contribution >= 0.6 is 0 Å². The monoisotopic (exact) mass is 377 g/mol. The lowest BCUT2D eigenvalue weighted by Crippen LogP contribution is -2.28. The van der Waals surface area contributed by atoms with Gasteiger partial charge in [0.2, 0.25) is 5.91 Å². The van der Waals surface area contributed by atoms with E-state index in [0.717, 1.165) is 30.6 Å². The molecule has 0 aliphatic heterocycles. The van der Waals surface area contributed by atoms with Crippen molar-refractivity contribution < 1.29 is 9.90 Å². The molecule has 0 atom stereocenters. The van der Waals surface area contributed by atoms with Gasteiger partial charge < -0.3 is 15.4 Å². The fraction of sp³-hybridized carbons (Fsp3) is 0.261. The van der Waals surface area contributed by atoms with Crippen LogP contribution in [0.3, 0.4) is 0 Å². The van der Waals surface area contributed by atoms with E-state index < -0.39 is 0 Å². The first-order valence-corrected chi connectivity index (χ1v) is 9.56. The molecule has 1 heterocycles. The van der Waals surface area contributed by atoms with Crippen LogP contribution in [0.5, 0.6) is 0 Å². The number of carbonyl (C=O) groups excluding carboxylic acids is 1. The lowest BCUT2D eigenvalue weighted by Gasteiger charge is -2.21. The van der Waals surface area contributed by atoms with Gasteiger partial charge in [-0.15, -0.1) is 0 Å². The first-order chi connectivity index (χ1) is 13.7. The first kappa shape index (κ1) is 19.9. The summed E-state index contributed by atoms with van der Waals surface area (Å²) in [6.45, 7) is 2.44. The molecular formula is C23H27N3O2. The van der Waals surface area contributed by atoms with Crippen LogP contribution < -0.4 is 5.32 Å². The van der Waals surface area contributed by atoms with Gasteiger partial charge in [0, 0.05) is 49.9 Å². The number of rotatable bonds is 9. The van der Waals surface area contributed by atoms with Crippen LogP contribution in [0.1, 0.15) is 16.7 Å². The lowest BCUT2D eigenvalue weighted by atomic mass is 10.1. The van der Waals surface area contributed by atoms with Gasteiger partial charge in [0.15, 0.2) is 0 Å². The summed E-state index contributed by atoms with van der Waals surface area (Å²) in [4.78, 5) is 16.9. The number of nitrogens with zero attached hydrogens (tertiary/aromatic N) is 1. The SMILES string of the molecule is CNC(=O)/C=C/c1ccc(CN(CCO)CCc2c[nH]c3ccccc23)cc1. The first-order valence-electron chi connectivity index (χ1n) is 9.56. The highest BCUT2D eigenvalue weighted by molar-refractivity contribution is 5.91. The standard InChI is InChI=1S/C23H27N3O2/c1-24-23(28)11-10-18-6-8-19(9-7-18)17-26(14-15-27)13-12-20-16-25-22-5-3-2-4-21(20)22/h2-11,16,25,27H,12-15,17H2,1H3,(H,24,28)/b11-10+. The summed E-state index contributed by atoms with van der Waals surface area (Å²) in [6, 6.07) is 16.5. The largest absolute Gasteiger partial charge is 0.395 e. The summed E-state index contributed by atoms with van der Waals surface area (Å²) in [6.07, 6.45) is 6.33. The van der Waals surface area contributed by atoms with E-state index in [1.54, 1.807) is 13.1 Å². The van der Waals surface area contributed by atoms with Crippen molar-refractivity contribution in [2.75, 3.05) is 26.7 Å². The minimum Gasteiger partial charge on any atom is -0.395 e. The number of carbonyl (C=O) groups is 1. The number of likely N-dealkylation sites (N-methyl/N-ethyl adjacent to an activating group) is 1. The minimum absolute atomic E-state index is 0.115. The highest BCUT2D eigenvalue weighted by Gasteiger charge is 2.09. The highest BCUT2D eigenvalue weighted by Crippen LogP contribution is 2.18. The number of hydrogen-bond donors (Lipinski definition) is 3. The van der Waals surface area contributed by atoms with Gasteiger partial charge in [0.05, 0.1) is 6.61 Å². The van der Waals surface area contributed by atoms with E-state index in [1.165, 1.54) is 22.6 Å². The Kier molecular flexibility index (Phi) is 7.00. The van der Waals surface area contributed by atoms with E-state index in [2.05, 4.69) is 51.7 Å². The van der Waals surface area contributed by atoms with Crippen LogP contribution in [0.15, 0.2) is 60.8 Å². The summed E-state index contributed by atoms with van der Waals surface area (Å²) in [5, 5.41) is 13.3. The number of aliphatic hydroxyl groups excluding tert-OH is 1. The molecular weight excluding hydrogens is 350 g/mol. The fourth-order valence-corrected chi connectivity index (χ4v) is 3.28. The van der Waals surface area contributed by atoms with Gasteiger partial charge in [-0.2, -0.15) is 0 Å². The molecule has 0 aliphatic carbocycles. The van der Waals surface area contributed by atoms with Crippen LogP contribution in [0.25, 0.3) is 17.0 Å². The second-order valence-corrected chi connectivity index (χ2v) is 6.80. The highest BCUT2D eigenvalue weighted by atomic mass is 16.3. The maximum Gasteiger partial charge on any atom is 0.243 e. The molecule has 0 bridgehead atoms. The van der Waals surface area contributed by atoms with Gasteiger partial charge in [-0.25, -0.2) is 0 Å². The summed E-state index contributed by atoms with van der Waals surface area (Å²) >= 11 is 0. The third-order valence-electron chi connectivity index (χ3n) is 4.85. The number of para-hydroxylation sites is 1. The van der Waals surface area contributed by atoms with Gasteiger partial charge in [0.25, 0.3) is 0 Å². The second-order valence-electron chi connectivity index (χ2n) is 6.80. The molecule has 146 valence electrons. The van der Waals surface area contributed by atoms with E-state index in [1.807, 2.05) is 18.2 Å². The Morgan fingerprint density at radius 1 is 1.14 bits per heavy atom. The van der Waals surface area contributed by atoms with Crippen LogP contribution in [0.4, 0.5) is 0 Å². The minimum atomic E-state index is -0.115. The zero-order chi connectivity index (χ0) is 19.8. The number of amides is 1. The lowest BCUT2D eigenvalue weighted by molar-refractivity contribution is -0.115. The Balaban J connectivity index is 1.61. The molecule has 0 unspecified atom stereocenters. The van der Waals surface area contributed by atoms with E-state index in [0.29, 0.717) is 6.54 Å². The molecule has 5 nitrogen and oxygen atoms in total. The second kappa shape index (κ2) is 9.88. The molecule has 0 saturated heterocycles. The molecule has 1 aromatic heterocycles. The zero-order valence-electron chi connectivity index (χ0n) is 16.2. The van der Waals surface area contributed by atoms with Crippen LogP contribution in [-0.2, 0) is 17.8 Å². The van der Waals surface area contributed by atoms with Crippen LogP contribution in [0.2, 0.25) is 0 Å². The number of benzene rings is 2. The van der Waals surface area contributed by atoms with Crippen LogP contribution in [-0.4, -0.2) is 47.6 Å². The molecule has 28 heavy (non-hydrogen) atoms. The molecule has 3 N–H and O–H groups in total. The normalized spacial score (nSPS) is 11.5. The van der Waals surface area contributed by atoms with Crippen molar-refractivity contribution >= 4 is 22.9 Å². The number of aromatic nitrogens is 1. The van der Waals surface area contributed by atoms with Crippen molar-refractivity contribution in [3.05, 3.63) is 77.5 Å². The summed E-state index contributed by atoms with van der Waals surface area (Å²) in [5.74, 6) is -0.115. The number of hydrogen-bond acceptors (Lipinski definition) is 3. The van der Waals surface area contributed by atoms with Gasteiger partial charge in [-0.3, -0.25) is 9.69 Å². The molecule has 1 amide bonds. The molecule has 0 saturated carbocycles. The summed E-state index contributed by atoms with van der Waals surface area (Å²) < 4.78 is 0. The quantitative estimate of drug-likeness (QED) is 0.502. The molecule has 0 spiro atoms. The average Bonchev–Trinajstić information content (AvgIpc) is 3.14. The smallest absolute Gasteiger partial charge is 0.243 e. The van der Waals surface area contributed by atoms with Gasteiger partial charge in [-0.1, -0.05) is 42.5 Å². The summed E-state index contributed by atoms with van der Waals surface area (Å²) in [7, 11) is 1.61. The third-order valence-corrected chi connectivity index (χ3v) is 4.85. The van der Waals surface area contributed by atoms with E-state index in [4.69, 9.17) is 0 Å². The third kappa shape index (κ3) is 5.31. The van der Waals surface area contributed by atoms with Crippen molar-refractivity contribution in [3.63, 3.8) is 0 Å². The average molecular weight is 377 g/mol. The molecule has 5 heteroatoms. The van der Waals surface area contributed by atoms with Gasteiger partial charge in [0.1, 0.15) is 0 Å². The number of fused-ring (bicyclic) bond motifs is 1. The molecule has 0 fully saturated rings. The fourth-order valence-electron chi connectivity index (χ4n) is 3.28. The van der Waals surface area contributed by atoms with Crippen molar-refractivity contribution in [2.24, 2.45) is 0 Å². The number of nitrogens with one attached hydrogen (secondary N) is 2.